The fourth-order valence-corrected chi connectivity index (χ4v) is 2.94. The summed E-state index contributed by atoms with van der Waals surface area (Å²) in [5.41, 5.74) is 7.66. The Kier molecular flexibility index (Phi) is 3.72. The first kappa shape index (κ1) is 13.5. The molecule has 1 fully saturated rings. The maximum absolute atomic E-state index is 5.66. The summed E-state index contributed by atoms with van der Waals surface area (Å²) >= 11 is 0. The Morgan fingerprint density at radius 1 is 1.45 bits per heavy atom. The molecule has 3 heterocycles. The molecule has 1 aliphatic rings. The van der Waals surface area contributed by atoms with Crippen molar-refractivity contribution < 1.29 is 0 Å². The van der Waals surface area contributed by atoms with Crippen molar-refractivity contribution >= 4 is 5.65 Å². The van der Waals surface area contributed by atoms with E-state index in [1.165, 1.54) is 19.5 Å². The van der Waals surface area contributed by atoms with Gasteiger partial charge in [-0.2, -0.15) is 5.10 Å². The molecule has 0 bridgehead atoms. The molecule has 0 aromatic carbocycles. The van der Waals surface area contributed by atoms with Gasteiger partial charge < -0.3 is 10.6 Å². The van der Waals surface area contributed by atoms with Crippen molar-refractivity contribution in [3.8, 4) is 0 Å². The third-order valence-electron chi connectivity index (χ3n) is 4.20. The van der Waals surface area contributed by atoms with E-state index in [0.717, 1.165) is 23.5 Å². The summed E-state index contributed by atoms with van der Waals surface area (Å²) in [4.78, 5) is 7.17. The number of nitrogens with two attached hydrogens (primary N) is 1. The summed E-state index contributed by atoms with van der Waals surface area (Å²) in [6.07, 6.45) is 4.17. The van der Waals surface area contributed by atoms with Crippen LogP contribution in [-0.4, -0.2) is 38.6 Å². The first-order valence-corrected chi connectivity index (χ1v) is 7.44. The topological polar surface area (TPSA) is 59.5 Å². The Bertz CT molecular complexity index is 589. The van der Waals surface area contributed by atoms with Crippen LogP contribution in [0.5, 0.6) is 0 Å². The smallest absolute Gasteiger partial charge is 0.155 e. The molecule has 2 aromatic heterocycles. The highest BCUT2D eigenvalue weighted by Gasteiger charge is 2.25. The zero-order chi connectivity index (χ0) is 14.1. The molecule has 0 amide bonds. The SMILES string of the molecule is CC(C)N1CCC(Cc2nc3cc(CN)ccn3n2)C1. The lowest BCUT2D eigenvalue weighted by Gasteiger charge is -2.19. The van der Waals surface area contributed by atoms with Crippen LogP contribution >= 0.6 is 0 Å². The zero-order valence-corrected chi connectivity index (χ0v) is 12.3. The monoisotopic (exact) mass is 273 g/mol. The second kappa shape index (κ2) is 5.50. The van der Waals surface area contributed by atoms with Crippen molar-refractivity contribution in [3.63, 3.8) is 0 Å². The molecule has 3 rings (SSSR count). The Balaban J connectivity index is 1.72. The van der Waals surface area contributed by atoms with Crippen LogP contribution in [0.25, 0.3) is 5.65 Å². The van der Waals surface area contributed by atoms with E-state index in [1.807, 2.05) is 22.8 Å². The zero-order valence-electron chi connectivity index (χ0n) is 12.3. The van der Waals surface area contributed by atoms with Crippen molar-refractivity contribution in [2.75, 3.05) is 13.1 Å². The summed E-state index contributed by atoms with van der Waals surface area (Å²) in [6, 6.07) is 4.66. The second-order valence-corrected chi connectivity index (χ2v) is 6.02. The standard InChI is InChI=1S/C15H23N5/c1-11(2)19-5-3-13(10-19)7-14-17-15-8-12(9-16)4-6-20(15)18-14/h4,6,8,11,13H,3,5,7,9-10,16H2,1-2H3. The molecule has 0 aliphatic carbocycles. The molecule has 0 spiro atoms. The van der Waals surface area contributed by atoms with Crippen molar-refractivity contribution in [2.45, 2.75) is 39.3 Å². The van der Waals surface area contributed by atoms with E-state index in [1.54, 1.807) is 0 Å². The van der Waals surface area contributed by atoms with E-state index < -0.39 is 0 Å². The number of aromatic nitrogens is 3. The Morgan fingerprint density at radius 2 is 2.30 bits per heavy atom. The normalized spacial score (nSPS) is 20.3. The van der Waals surface area contributed by atoms with Gasteiger partial charge in [0.15, 0.2) is 11.5 Å². The second-order valence-electron chi connectivity index (χ2n) is 6.02. The summed E-state index contributed by atoms with van der Waals surface area (Å²) in [5, 5.41) is 4.57. The van der Waals surface area contributed by atoms with Gasteiger partial charge in [0.25, 0.3) is 0 Å². The van der Waals surface area contributed by atoms with Crippen LogP contribution in [0.2, 0.25) is 0 Å². The highest BCUT2D eigenvalue weighted by Crippen LogP contribution is 2.21. The van der Waals surface area contributed by atoms with Crippen LogP contribution in [0.4, 0.5) is 0 Å². The lowest BCUT2D eigenvalue weighted by molar-refractivity contribution is 0.264. The fraction of sp³-hybridized carbons (Fsp3) is 0.600. The van der Waals surface area contributed by atoms with Crippen LogP contribution in [0, 0.1) is 5.92 Å². The van der Waals surface area contributed by atoms with Gasteiger partial charge in [-0.3, -0.25) is 0 Å². The summed E-state index contributed by atoms with van der Waals surface area (Å²) in [6.45, 7) is 7.44. The molecule has 20 heavy (non-hydrogen) atoms. The van der Waals surface area contributed by atoms with Crippen LogP contribution < -0.4 is 5.73 Å². The van der Waals surface area contributed by atoms with Gasteiger partial charge in [0.05, 0.1) is 0 Å². The molecule has 1 aliphatic heterocycles. The molecule has 5 nitrogen and oxygen atoms in total. The number of likely N-dealkylation sites (tertiary alicyclic amines) is 1. The average Bonchev–Trinajstić information content (AvgIpc) is 3.04. The molecule has 0 radical (unpaired) electrons. The largest absolute Gasteiger partial charge is 0.326 e. The van der Waals surface area contributed by atoms with E-state index in [-0.39, 0.29) is 0 Å². The third kappa shape index (κ3) is 2.69. The van der Waals surface area contributed by atoms with Gasteiger partial charge in [0.1, 0.15) is 0 Å². The molecular formula is C15H23N5. The van der Waals surface area contributed by atoms with Crippen LogP contribution in [0.3, 0.4) is 0 Å². The minimum absolute atomic E-state index is 0.546. The first-order valence-electron chi connectivity index (χ1n) is 7.44. The number of rotatable bonds is 4. The predicted octanol–water partition coefficient (Wildman–Crippen LogP) is 1.46. The van der Waals surface area contributed by atoms with Crippen LogP contribution in [0.15, 0.2) is 18.3 Å². The van der Waals surface area contributed by atoms with Crippen molar-refractivity contribution in [2.24, 2.45) is 11.7 Å². The highest BCUT2D eigenvalue weighted by atomic mass is 15.3. The molecule has 5 heteroatoms. The molecule has 2 N–H and O–H groups in total. The maximum atomic E-state index is 5.66. The van der Waals surface area contributed by atoms with Gasteiger partial charge >= 0.3 is 0 Å². The van der Waals surface area contributed by atoms with Gasteiger partial charge in [-0.15, -0.1) is 0 Å². The van der Waals surface area contributed by atoms with Gasteiger partial charge in [-0.25, -0.2) is 9.50 Å². The Labute approximate surface area is 119 Å². The molecule has 2 aromatic rings. The molecule has 0 saturated carbocycles. The number of nitrogens with zero attached hydrogens (tertiary/aromatic N) is 4. The molecule has 1 atom stereocenters. The fourth-order valence-electron chi connectivity index (χ4n) is 2.94. The molecular weight excluding hydrogens is 250 g/mol. The molecule has 1 unspecified atom stereocenters. The van der Waals surface area contributed by atoms with E-state index >= 15 is 0 Å². The van der Waals surface area contributed by atoms with E-state index in [0.29, 0.717) is 18.5 Å². The van der Waals surface area contributed by atoms with Gasteiger partial charge in [-0.1, -0.05) is 0 Å². The number of hydrogen-bond acceptors (Lipinski definition) is 4. The van der Waals surface area contributed by atoms with Gasteiger partial charge in [0, 0.05) is 31.7 Å². The van der Waals surface area contributed by atoms with E-state index in [4.69, 9.17) is 5.73 Å². The van der Waals surface area contributed by atoms with E-state index in [2.05, 4.69) is 28.8 Å². The summed E-state index contributed by atoms with van der Waals surface area (Å²) in [5.74, 6) is 1.64. The maximum Gasteiger partial charge on any atom is 0.155 e. The summed E-state index contributed by atoms with van der Waals surface area (Å²) in [7, 11) is 0. The first-order chi connectivity index (χ1) is 9.65. The van der Waals surface area contributed by atoms with Crippen molar-refractivity contribution in [3.05, 3.63) is 29.7 Å². The van der Waals surface area contributed by atoms with Crippen molar-refractivity contribution in [1.29, 1.82) is 0 Å². The lowest BCUT2D eigenvalue weighted by atomic mass is 10.1. The molecule has 1 saturated heterocycles. The number of fused-ring (bicyclic) bond motifs is 1. The highest BCUT2D eigenvalue weighted by molar-refractivity contribution is 5.40. The number of hydrogen-bond donors (Lipinski definition) is 1. The Morgan fingerprint density at radius 3 is 3.00 bits per heavy atom. The van der Waals surface area contributed by atoms with Crippen LogP contribution in [-0.2, 0) is 13.0 Å². The quantitative estimate of drug-likeness (QED) is 0.916. The minimum atomic E-state index is 0.546. The van der Waals surface area contributed by atoms with Crippen LogP contribution in [0.1, 0.15) is 31.7 Å². The van der Waals surface area contributed by atoms with Gasteiger partial charge in [-0.05, 0) is 50.4 Å². The van der Waals surface area contributed by atoms with Crippen molar-refractivity contribution in [1.82, 2.24) is 19.5 Å². The lowest BCUT2D eigenvalue weighted by Crippen LogP contribution is -2.28. The number of pyridine rings is 1. The Hall–Kier alpha value is -1.46. The minimum Gasteiger partial charge on any atom is -0.326 e. The average molecular weight is 273 g/mol. The van der Waals surface area contributed by atoms with E-state index in [9.17, 15) is 0 Å². The third-order valence-corrected chi connectivity index (χ3v) is 4.20. The predicted molar refractivity (Wildman–Crippen MR) is 79.4 cm³/mol. The van der Waals surface area contributed by atoms with Gasteiger partial charge in [0.2, 0.25) is 0 Å². The summed E-state index contributed by atoms with van der Waals surface area (Å²) < 4.78 is 1.85. The molecule has 108 valence electrons.